The van der Waals surface area contributed by atoms with Crippen LogP contribution in [0.5, 0.6) is 0 Å². The second-order valence-electron chi connectivity index (χ2n) is 3.13. The summed E-state index contributed by atoms with van der Waals surface area (Å²) < 4.78 is 48.6. The smallest absolute Gasteiger partial charge is 0.307 e. The topological polar surface area (TPSA) is 24.9 Å². The molecule has 90 valence electrons. The van der Waals surface area contributed by atoms with Gasteiger partial charge in [0.1, 0.15) is 0 Å². The predicted molar refractivity (Wildman–Crippen MR) is 51.9 cm³/mol. The highest BCUT2D eigenvalue weighted by atomic mass is 35.5. The van der Waals surface area contributed by atoms with E-state index in [0.717, 1.165) is 0 Å². The number of nitrogens with zero attached hydrogens (tertiary/aromatic N) is 1. The van der Waals surface area contributed by atoms with E-state index in [1.807, 2.05) is 0 Å². The van der Waals surface area contributed by atoms with Gasteiger partial charge in [-0.25, -0.2) is 8.78 Å². The van der Waals surface area contributed by atoms with Crippen molar-refractivity contribution < 1.29 is 17.6 Å². The van der Waals surface area contributed by atoms with Crippen molar-refractivity contribution in [1.29, 1.82) is 0 Å². The van der Waals surface area contributed by atoms with Crippen molar-refractivity contribution in [2.24, 2.45) is 0 Å². The molecule has 0 aliphatic rings. The first kappa shape index (κ1) is 13.2. The zero-order valence-electron chi connectivity index (χ0n) is 8.06. The summed E-state index contributed by atoms with van der Waals surface area (Å²) in [6.07, 6.45) is -0.884. The number of halogens is 5. The van der Waals surface area contributed by atoms with Gasteiger partial charge in [-0.1, -0.05) is 11.6 Å². The molecule has 0 unspecified atom stereocenters. The number of hydrogen-bond donors (Lipinski definition) is 1. The van der Waals surface area contributed by atoms with Gasteiger partial charge >= 0.3 is 12.3 Å². The van der Waals surface area contributed by atoms with Crippen LogP contribution in [0.4, 0.5) is 17.6 Å². The molecule has 0 saturated heterocycles. The fourth-order valence-corrected chi connectivity index (χ4v) is 1.17. The lowest BCUT2D eigenvalue weighted by Gasteiger charge is -2.15. The van der Waals surface area contributed by atoms with Gasteiger partial charge in [-0.05, 0) is 11.6 Å². The van der Waals surface area contributed by atoms with Crippen LogP contribution >= 0.6 is 11.6 Å². The van der Waals surface area contributed by atoms with E-state index in [4.69, 9.17) is 11.6 Å². The highest BCUT2D eigenvalue weighted by Gasteiger charge is 2.39. The molecule has 2 nitrogen and oxygen atoms in total. The molecule has 0 aromatic carbocycles. The van der Waals surface area contributed by atoms with Crippen LogP contribution in [0.1, 0.15) is 5.56 Å². The third kappa shape index (κ3) is 3.61. The fraction of sp³-hybridized carbons (Fsp3) is 0.444. The summed E-state index contributed by atoms with van der Waals surface area (Å²) in [6.45, 7) is -1.10. The SMILES string of the molecule is FC(F)C(F)(F)CNCc1ccncc1Cl. The molecule has 16 heavy (non-hydrogen) atoms. The summed E-state index contributed by atoms with van der Waals surface area (Å²) >= 11 is 5.70. The molecule has 1 aromatic heterocycles. The summed E-state index contributed by atoms with van der Waals surface area (Å²) in [5.74, 6) is -4.03. The summed E-state index contributed by atoms with van der Waals surface area (Å²) in [5, 5.41) is 2.52. The van der Waals surface area contributed by atoms with E-state index < -0.39 is 18.9 Å². The molecular weight excluding hydrogens is 248 g/mol. The van der Waals surface area contributed by atoms with Crippen LogP contribution in [0.2, 0.25) is 5.02 Å². The average Bonchev–Trinajstić information content (AvgIpc) is 2.20. The zero-order chi connectivity index (χ0) is 12.2. The molecule has 0 radical (unpaired) electrons. The Hall–Kier alpha value is -0.880. The summed E-state index contributed by atoms with van der Waals surface area (Å²) in [4.78, 5) is 3.70. The Morgan fingerprint density at radius 1 is 1.44 bits per heavy atom. The number of pyridine rings is 1. The number of alkyl halides is 4. The molecule has 1 heterocycles. The molecule has 0 spiro atoms. The van der Waals surface area contributed by atoms with Crippen LogP contribution in [0, 0.1) is 0 Å². The van der Waals surface area contributed by atoms with Crippen molar-refractivity contribution in [3.05, 3.63) is 29.0 Å². The van der Waals surface area contributed by atoms with Gasteiger partial charge < -0.3 is 5.32 Å². The molecule has 7 heteroatoms. The molecule has 0 bridgehead atoms. The first-order chi connectivity index (χ1) is 7.43. The zero-order valence-corrected chi connectivity index (χ0v) is 8.82. The maximum absolute atomic E-state index is 12.5. The Balaban J connectivity index is 2.45. The minimum absolute atomic E-state index is 0.0103. The van der Waals surface area contributed by atoms with Crippen molar-refractivity contribution in [2.75, 3.05) is 6.54 Å². The number of aromatic nitrogens is 1. The maximum Gasteiger partial charge on any atom is 0.319 e. The first-order valence-corrected chi connectivity index (χ1v) is 4.76. The second kappa shape index (κ2) is 5.45. The highest BCUT2D eigenvalue weighted by molar-refractivity contribution is 6.31. The van der Waals surface area contributed by atoms with Gasteiger partial charge in [-0.3, -0.25) is 4.98 Å². The van der Waals surface area contributed by atoms with Crippen LogP contribution in [0.15, 0.2) is 18.5 Å². The van der Waals surface area contributed by atoms with Gasteiger partial charge in [0.2, 0.25) is 0 Å². The van der Waals surface area contributed by atoms with Gasteiger partial charge in [0.15, 0.2) is 0 Å². The van der Waals surface area contributed by atoms with Crippen molar-refractivity contribution in [1.82, 2.24) is 10.3 Å². The van der Waals surface area contributed by atoms with Crippen LogP contribution < -0.4 is 5.32 Å². The lowest BCUT2D eigenvalue weighted by atomic mass is 10.2. The van der Waals surface area contributed by atoms with E-state index in [9.17, 15) is 17.6 Å². The number of hydrogen-bond acceptors (Lipinski definition) is 2. The molecule has 0 fully saturated rings. The van der Waals surface area contributed by atoms with Crippen LogP contribution in [-0.4, -0.2) is 23.9 Å². The number of rotatable bonds is 5. The van der Waals surface area contributed by atoms with Gasteiger partial charge in [0, 0.05) is 18.9 Å². The van der Waals surface area contributed by atoms with E-state index in [1.54, 1.807) is 0 Å². The standard InChI is InChI=1S/C9H9ClF4N2/c10-7-4-15-2-1-6(7)3-16-5-9(13,14)8(11)12/h1-2,4,8,16H,3,5H2. The quantitative estimate of drug-likeness (QED) is 0.820. The third-order valence-corrected chi connectivity index (χ3v) is 2.19. The fourth-order valence-electron chi connectivity index (χ4n) is 0.988. The summed E-state index contributed by atoms with van der Waals surface area (Å²) in [5.41, 5.74) is 0.529. The Morgan fingerprint density at radius 3 is 2.69 bits per heavy atom. The lowest BCUT2D eigenvalue weighted by molar-refractivity contribution is -0.125. The average molecular weight is 257 g/mol. The number of nitrogens with one attached hydrogen (secondary N) is 1. The van der Waals surface area contributed by atoms with Crippen LogP contribution in [0.25, 0.3) is 0 Å². The van der Waals surface area contributed by atoms with Crippen molar-refractivity contribution in [3.63, 3.8) is 0 Å². The molecule has 1 aromatic rings. The van der Waals surface area contributed by atoms with Crippen molar-refractivity contribution in [2.45, 2.75) is 18.9 Å². The van der Waals surface area contributed by atoms with Crippen molar-refractivity contribution in [3.8, 4) is 0 Å². The largest absolute Gasteiger partial charge is 0.319 e. The Kier molecular flexibility index (Phi) is 4.49. The third-order valence-electron chi connectivity index (χ3n) is 1.85. The summed E-state index contributed by atoms with van der Waals surface area (Å²) in [6, 6.07) is 1.52. The van der Waals surface area contributed by atoms with Gasteiger partial charge in [0.05, 0.1) is 11.6 Å². The Bertz CT molecular complexity index is 346. The molecule has 1 rings (SSSR count). The van der Waals surface area contributed by atoms with Crippen LogP contribution in [-0.2, 0) is 6.54 Å². The minimum Gasteiger partial charge on any atom is -0.307 e. The van der Waals surface area contributed by atoms with Gasteiger partial charge in [-0.2, -0.15) is 8.78 Å². The first-order valence-electron chi connectivity index (χ1n) is 4.38. The monoisotopic (exact) mass is 256 g/mol. The van der Waals surface area contributed by atoms with E-state index in [-0.39, 0.29) is 6.54 Å². The molecule has 0 atom stereocenters. The molecule has 0 aliphatic heterocycles. The van der Waals surface area contributed by atoms with E-state index >= 15 is 0 Å². The molecule has 0 amide bonds. The second-order valence-corrected chi connectivity index (χ2v) is 3.54. The highest BCUT2D eigenvalue weighted by Crippen LogP contribution is 2.22. The van der Waals surface area contributed by atoms with Gasteiger partial charge in [0.25, 0.3) is 0 Å². The van der Waals surface area contributed by atoms with E-state index in [1.165, 1.54) is 18.5 Å². The minimum atomic E-state index is -4.03. The molecule has 0 saturated carbocycles. The van der Waals surface area contributed by atoms with Crippen molar-refractivity contribution >= 4 is 11.6 Å². The lowest BCUT2D eigenvalue weighted by Crippen LogP contribution is -2.38. The van der Waals surface area contributed by atoms with E-state index in [2.05, 4.69) is 10.3 Å². The molecular formula is C9H9ClF4N2. The van der Waals surface area contributed by atoms with Crippen LogP contribution in [0.3, 0.4) is 0 Å². The Morgan fingerprint density at radius 2 is 2.12 bits per heavy atom. The Labute approximate surface area is 94.6 Å². The molecule has 0 aliphatic carbocycles. The van der Waals surface area contributed by atoms with Gasteiger partial charge in [-0.15, -0.1) is 0 Å². The predicted octanol–water partition coefficient (Wildman–Crippen LogP) is 2.73. The van der Waals surface area contributed by atoms with E-state index in [0.29, 0.717) is 10.6 Å². The normalized spacial score (nSPS) is 12.1. The molecule has 1 N–H and O–H groups in total. The maximum atomic E-state index is 12.5. The summed E-state index contributed by atoms with van der Waals surface area (Å²) in [7, 11) is 0.